The highest BCUT2D eigenvalue weighted by atomic mass is 32.2. The number of ether oxygens (including phenoxy) is 1. The van der Waals surface area contributed by atoms with Gasteiger partial charge in [0.1, 0.15) is 12.4 Å². The second-order valence-electron chi connectivity index (χ2n) is 8.90. The smallest absolute Gasteiger partial charge is 0.192 e. The van der Waals surface area contributed by atoms with Gasteiger partial charge in [0, 0.05) is 5.56 Å². The number of hydrogen-bond acceptors (Lipinski definition) is 5. The fraction of sp³-hybridized carbons (Fsp3) is 0.167. The summed E-state index contributed by atoms with van der Waals surface area (Å²) < 4.78 is 8.06. The number of aromatic nitrogens is 3. The summed E-state index contributed by atoms with van der Waals surface area (Å²) in [5.41, 5.74) is 5.78. The van der Waals surface area contributed by atoms with Crippen LogP contribution in [0.25, 0.3) is 11.1 Å². The van der Waals surface area contributed by atoms with Crippen LogP contribution in [0.15, 0.2) is 102 Å². The van der Waals surface area contributed by atoms with E-state index in [2.05, 4.69) is 63.3 Å². The van der Waals surface area contributed by atoms with Gasteiger partial charge < -0.3 is 4.74 Å². The van der Waals surface area contributed by atoms with E-state index in [-0.39, 0.29) is 11.8 Å². The zero-order valence-electron chi connectivity index (χ0n) is 19.7. The molecule has 1 unspecified atom stereocenters. The number of thioether (sulfide) groups is 1. The van der Waals surface area contributed by atoms with Crippen LogP contribution in [0.5, 0.6) is 5.75 Å². The first-order chi connectivity index (χ1) is 17.8. The summed E-state index contributed by atoms with van der Waals surface area (Å²) in [6.07, 6.45) is 10.1. The number of allylic oxidation sites excluding steroid dienone is 4. The number of benzene rings is 3. The normalized spacial score (nSPS) is 15.5. The molecule has 0 aliphatic heterocycles. The topological polar surface area (TPSA) is 57.0 Å². The third-order valence-corrected chi connectivity index (χ3v) is 7.53. The Morgan fingerprint density at radius 3 is 2.64 bits per heavy atom. The van der Waals surface area contributed by atoms with Crippen molar-refractivity contribution in [2.24, 2.45) is 0 Å². The van der Waals surface area contributed by atoms with Gasteiger partial charge in [-0.2, -0.15) is 0 Å². The van der Waals surface area contributed by atoms with Crippen molar-refractivity contribution in [2.75, 3.05) is 5.75 Å². The van der Waals surface area contributed by atoms with Crippen LogP contribution in [0, 0.1) is 0 Å². The summed E-state index contributed by atoms with van der Waals surface area (Å²) in [6, 6.07) is 24.3. The molecule has 6 heteroatoms. The third kappa shape index (κ3) is 4.52. The first kappa shape index (κ1) is 22.6. The van der Waals surface area contributed by atoms with Crippen molar-refractivity contribution in [3.63, 3.8) is 0 Å². The van der Waals surface area contributed by atoms with Gasteiger partial charge in [-0.25, -0.2) is 0 Å². The molecule has 1 atom stereocenters. The molecule has 5 nitrogen and oxygen atoms in total. The summed E-state index contributed by atoms with van der Waals surface area (Å²) >= 11 is 1.43. The summed E-state index contributed by atoms with van der Waals surface area (Å²) in [7, 11) is 0. The highest BCUT2D eigenvalue weighted by molar-refractivity contribution is 7.99. The van der Waals surface area contributed by atoms with E-state index in [9.17, 15) is 4.79 Å². The van der Waals surface area contributed by atoms with Crippen LogP contribution < -0.4 is 4.74 Å². The fourth-order valence-corrected chi connectivity index (χ4v) is 5.70. The van der Waals surface area contributed by atoms with E-state index in [1.165, 1.54) is 34.0 Å². The molecule has 0 saturated heterocycles. The standard InChI is InChI=1S/C30H25N3O2S/c34-28(22-15-16-27-23(18-22)17-21-9-7-8-14-26(21)27)20-36-30-32-31-29(19-35-25-12-5-2-6-13-25)33(30)24-10-3-1-4-11-24/h1-10,12-16,18,24H,11,17,19-20H2. The quantitative estimate of drug-likeness (QED) is 0.184. The molecule has 2 aliphatic rings. The molecule has 6 rings (SSSR count). The summed E-state index contributed by atoms with van der Waals surface area (Å²) in [4.78, 5) is 13.2. The number of Topliss-reactive ketones (excluding diaryl/α,β-unsaturated/α-hetero) is 1. The Balaban J connectivity index is 1.19. The van der Waals surface area contributed by atoms with Crippen LogP contribution in [-0.4, -0.2) is 26.3 Å². The lowest BCUT2D eigenvalue weighted by atomic mass is 10.0. The zero-order chi connectivity index (χ0) is 24.3. The Hall–Kier alpha value is -3.90. The molecule has 178 valence electrons. The Labute approximate surface area is 214 Å². The Bertz CT molecular complexity index is 1470. The number of nitrogens with zero attached hydrogens (tertiary/aromatic N) is 3. The van der Waals surface area contributed by atoms with Crippen LogP contribution in [0.1, 0.15) is 39.8 Å². The molecular weight excluding hydrogens is 466 g/mol. The van der Waals surface area contributed by atoms with Crippen LogP contribution in [-0.2, 0) is 13.0 Å². The van der Waals surface area contributed by atoms with E-state index < -0.39 is 0 Å². The van der Waals surface area contributed by atoms with E-state index in [1.54, 1.807) is 0 Å². The molecule has 0 bridgehead atoms. The van der Waals surface area contributed by atoms with Crippen LogP contribution in [0.3, 0.4) is 0 Å². The maximum atomic E-state index is 13.2. The Morgan fingerprint density at radius 2 is 1.78 bits per heavy atom. The van der Waals surface area contributed by atoms with Crippen molar-refractivity contribution in [3.05, 3.63) is 120 Å². The molecule has 3 aromatic carbocycles. The number of hydrogen-bond donors (Lipinski definition) is 0. The van der Waals surface area contributed by atoms with Crippen LogP contribution in [0.2, 0.25) is 0 Å². The number of carbonyl (C=O) groups excluding carboxylic acids is 1. The van der Waals surface area contributed by atoms with Crippen molar-refractivity contribution in [3.8, 4) is 16.9 Å². The average molecular weight is 492 g/mol. The first-order valence-corrected chi connectivity index (χ1v) is 13.1. The lowest BCUT2D eigenvalue weighted by Gasteiger charge is -2.19. The van der Waals surface area contributed by atoms with Crippen molar-refractivity contribution in [2.45, 2.75) is 30.6 Å². The van der Waals surface area contributed by atoms with Gasteiger partial charge in [-0.1, -0.05) is 90.7 Å². The lowest BCUT2D eigenvalue weighted by molar-refractivity contribution is 0.102. The predicted molar refractivity (Wildman–Crippen MR) is 142 cm³/mol. The minimum atomic E-state index is 0.0921. The van der Waals surface area contributed by atoms with Crippen molar-refractivity contribution in [1.82, 2.24) is 14.8 Å². The zero-order valence-corrected chi connectivity index (χ0v) is 20.5. The van der Waals surface area contributed by atoms with E-state index in [4.69, 9.17) is 4.74 Å². The van der Waals surface area contributed by atoms with Gasteiger partial charge in [0.15, 0.2) is 16.8 Å². The molecule has 0 saturated carbocycles. The monoisotopic (exact) mass is 491 g/mol. The van der Waals surface area contributed by atoms with Crippen LogP contribution in [0.4, 0.5) is 0 Å². The minimum Gasteiger partial charge on any atom is -0.486 e. The summed E-state index contributed by atoms with van der Waals surface area (Å²) in [5, 5.41) is 9.60. The minimum absolute atomic E-state index is 0.0921. The number of para-hydroxylation sites is 1. The molecule has 36 heavy (non-hydrogen) atoms. The fourth-order valence-electron chi connectivity index (χ4n) is 4.79. The van der Waals surface area contributed by atoms with E-state index in [0.717, 1.165) is 35.1 Å². The molecule has 2 aliphatic carbocycles. The van der Waals surface area contributed by atoms with Crippen molar-refractivity contribution in [1.29, 1.82) is 0 Å². The third-order valence-electron chi connectivity index (χ3n) is 6.58. The second kappa shape index (κ2) is 9.99. The number of rotatable bonds is 8. The van der Waals surface area contributed by atoms with Gasteiger partial charge in [-0.3, -0.25) is 9.36 Å². The Kier molecular flexibility index (Phi) is 6.26. The second-order valence-corrected chi connectivity index (χ2v) is 9.85. The summed E-state index contributed by atoms with van der Waals surface area (Å²) in [6.45, 7) is 0.310. The highest BCUT2D eigenvalue weighted by Crippen LogP contribution is 2.37. The van der Waals surface area contributed by atoms with E-state index in [0.29, 0.717) is 12.4 Å². The number of ketones is 1. The molecule has 1 heterocycles. The van der Waals surface area contributed by atoms with Crippen molar-refractivity contribution < 1.29 is 9.53 Å². The largest absolute Gasteiger partial charge is 0.486 e. The first-order valence-electron chi connectivity index (χ1n) is 12.1. The predicted octanol–water partition coefficient (Wildman–Crippen LogP) is 6.46. The molecule has 0 N–H and O–H groups in total. The van der Waals surface area contributed by atoms with Gasteiger partial charge in [0.05, 0.1) is 11.8 Å². The van der Waals surface area contributed by atoms with Gasteiger partial charge >= 0.3 is 0 Å². The van der Waals surface area contributed by atoms with Gasteiger partial charge in [0.25, 0.3) is 0 Å². The number of carbonyl (C=O) groups is 1. The molecule has 0 amide bonds. The molecule has 0 fully saturated rings. The molecule has 0 radical (unpaired) electrons. The molecule has 1 aromatic heterocycles. The van der Waals surface area contributed by atoms with Crippen molar-refractivity contribution >= 4 is 17.5 Å². The molecular formula is C30H25N3O2S. The number of fused-ring (bicyclic) bond motifs is 3. The average Bonchev–Trinajstić information content (AvgIpc) is 3.52. The lowest BCUT2D eigenvalue weighted by Crippen LogP contribution is -2.15. The molecule has 4 aromatic rings. The van der Waals surface area contributed by atoms with Crippen LogP contribution >= 0.6 is 11.8 Å². The van der Waals surface area contributed by atoms with E-state index >= 15 is 0 Å². The highest BCUT2D eigenvalue weighted by Gasteiger charge is 2.22. The van der Waals surface area contributed by atoms with Gasteiger partial charge in [-0.15, -0.1) is 10.2 Å². The van der Waals surface area contributed by atoms with Gasteiger partial charge in [-0.05, 0) is 53.3 Å². The SMILES string of the molecule is O=C(CSc1nnc(COc2ccccc2)n1C1C=CC=CC1)c1ccc2c(c1)Cc1ccccc1-2. The Morgan fingerprint density at radius 1 is 0.944 bits per heavy atom. The maximum Gasteiger partial charge on any atom is 0.192 e. The van der Waals surface area contributed by atoms with E-state index in [1.807, 2.05) is 48.6 Å². The molecule has 0 spiro atoms. The maximum absolute atomic E-state index is 13.2. The summed E-state index contributed by atoms with van der Waals surface area (Å²) in [5.74, 6) is 1.92. The van der Waals surface area contributed by atoms with Gasteiger partial charge in [0.2, 0.25) is 0 Å².